The lowest BCUT2D eigenvalue weighted by molar-refractivity contribution is 0.233. The van der Waals surface area contributed by atoms with Crippen LogP contribution in [0.3, 0.4) is 0 Å². The van der Waals surface area contributed by atoms with E-state index in [4.69, 9.17) is 4.74 Å². The molecule has 0 aliphatic heterocycles. The van der Waals surface area contributed by atoms with Gasteiger partial charge >= 0.3 is 0 Å². The molecule has 1 aromatic carbocycles. The third kappa shape index (κ3) is 6.99. The first kappa shape index (κ1) is 18.0. The third-order valence-corrected chi connectivity index (χ3v) is 4.09. The summed E-state index contributed by atoms with van der Waals surface area (Å²) in [6.07, 6.45) is 6.22. The van der Waals surface area contributed by atoms with Crippen molar-refractivity contribution < 1.29 is 4.74 Å². The second-order valence-electron chi connectivity index (χ2n) is 5.98. The standard InChI is InChI=1S/C19H33NO/c1-5-8-10-17(7-3)15-21-19-12-9-11-18(14-19)16(4)20-13-6-2/h9,11-12,14,16-17,20H,5-8,10,13,15H2,1-4H3. The molecule has 0 radical (unpaired) electrons. The van der Waals surface area contributed by atoms with Crippen LogP contribution in [0.4, 0.5) is 0 Å². The van der Waals surface area contributed by atoms with Gasteiger partial charge in [-0.2, -0.15) is 0 Å². The Hall–Kier alpha value is -1.02. The zero-order valence-electron chi connectivity index (χ0n) is 14.3. The highest BCUT2D eigenvalue weighted by Crippen LogP contribution is 2.21. The van der Waals surface area contributed by atoms with Crippen LogP contribution in [0.15, 0.2) is 24.3 Å². The van der Waals surface area contributed by atoms with Crippen molar-refractivity contribution in [2.24, 2.45) is 5.92 Å². The molecule has 0 amide bonds. The maximum Gasteiger partial charge on any atom is 0.119 e. The largest absolute Gasteiger partial charge is 0.493 e. The molecule has 2 heteroatoms. The molecule has 21 heavy (non-hydrogen) atoms. The van der Waals surface area contributed by atoms with Crippen molar-refractivity contribution >= 4 is 0 Å². The minimum absolute atomic E-state index is 0.385. The molecule has 2 unspecified atom stereocenters. The van der Waals surface area contributed by atoms with Gasteiger partial charge in [0.1, 0.15) is 5.75 Å². The van der Waals surface area contributed by atoms with E-state index in [1.165, 1.54) is 31.2 Å². The van der Waals surface area contributed by atoms with E-state index in [1.807, 2.05) is 0 Å². The molecule has 2 atom stereocenters. The predicted octanol–water partition coefficient (Wildman–Crippen LogP) is 5.34. The normalized spacial score (nSPS) is 13.9. The number of ether oxygens (including phenoxy) is 1. The molecular weight excluding hydrogens is 258 g/mol. The van der Waals surface area contributed by atoms with Gasteiger partial charge in [-0.3, -0.25) is 0 Å². The Morgan fingerprint density at radius 1 is 1.14 bits per heavy atom. The van der Waals surface area contributed by atoms with E-state index < -0.39 is 0 Å². The number of rotatable bonds is 11. The van der Waals surface area contributed by atoms with Gasteiger partial charge < -0.3 is 10.1 Å². The van der Waals surface area contributed by atoms with Gasteiger partial charge in [-0.1, -0.05) is 52.2 Å². The summed E-state index contributed by atoms with van der Waals surface area (Å²) in [6, 6.07) is 8.91. The smallest absolute Gasteiger partial charge is 0.119 e. The summed E-state index contributed by atoms with van der Waals surface area (Å²) in [4.78, 5) is 0. The average molecular weight is 291 g/mol. The van der Waals surface area contributed by atoms with Gasteiger partial charge in [0.15, 0.2) is 0 Å². The van der Waals surface area contributed by atoms with Crippen LogP contribution >= 0.6 is 0 Å². The van der Waals surface area contributed by atoms with E-state index in [-0.39, 0.29) is 0 Å². The van der Waals surface area contributed by atoms with Gasteiger partial charge in [-0.15, -0.1) is 0 Å². The fraction of sp³-hybridized carbons (Fsp3) is 0.684. The van der Waals surface area contributed by atoms with Crippen molar-refractivity contribution in [1.29, 1.82) is 0 Å². The molecule has 1 aromatic rings. The molecule has 1 rings (SSSR count). The van der Waals surface area contributed by atoms with Crippen LogP contribution in [-0.4, -0.2) is 13.2 Å². The summed E-state index contributed by atoms with van der Waals surface area (Å²) in [5.74, 6) is 1.69. The number of hydrogen-bond acceptors (Lipinski definition) is 2. The molecule has 0 aliphatic rings. The molecule has 0 saturated carbocycles. The van der Waals surface area contributed by atoms with Crippen LogP contribution in [0.2, 0.25) is 0 Å². The molecule has 0 fully saturated rings. The number of benzene rings is 1. The first-order valence-corrected chi connectivity index (χ1v) is 8.67. The Morgan fingerprint density at radius 2 is 1.95 bits per heavy atom. The molecular formula is C19H33NO. The van der Waals surface area contributed by atoms with E-state index in [0.717, 1.165) is 25.3 Å². The third-order valence-electron chi connectivity index (χ3n) is 4.09. The molecule has 0 bridgehead atoms. The van der Waals surface area contributed by atoms with E-state index in [1.54, 1.807) is 0 Å². The van der Waals surface area contributed by atoms with Crippen LogP contribution in [0, 0.1) is 5.92 Å². The van der Waals surface area contributed by atoms with Crippen molar-refractivity contribution in [3.05, 3.63) is 29.8 Å². The molecule has 0 saturated heterocycles. The second kappa shape index (κ2) is 10.7. The Morgan fingerprint density at radius 3 is 2.62 bits per heavy atom. The first-order valence-electron chi connectivity index (χ1n) is 8.67. The molecule has 120 valence electrons. The van der Waals surface area contributed by atoms with Crippen LogP contribution < -0.4 is 10.1 Å². The Balaban J connectivity index is 2.51. The molecule has 2 nitrogen and oxygen atoms in total. The lowest BCUT2D eigenvalue weighted by atomic mass is 10.0. The van der Waals surface area contributed by atoms with Crippen LogP contribution in [0.1, 0.15) is 71.4 Å². The number of unbranched alkanes of at least 4 members (excludes halogenated alkanes) is 1. The van der Waals surface area contributed by atoms with E-state index >= 15 is 0 Å². The van der Waals surface area contributed by atoms with Gasteiger partial charge in [0.2, 0.25) is 0 Å². The van der Waals surface area contributed by atoms with Gasteiger partial charge in [-0.05, 0) is 49.9 Å². The predicted molar refractivity (Wildman–Crippen MR) is 92.0 cm³/mol. The van der Waals surface area contributed by atoms with Crippen molar-refractivity contribution in [3.8, 4) is 5.75 Å². The quantitative estimate of drug-likeness (QED) is 0.594. The summed E-state index contributed by atoms with van der Waals surface area (Å²) >= 11 is 0. The Bertz CT molecular complexity index is 378. The number of hydrogen-bond donors (Lipinski definition) is 1. The summed E-state index contributed by atoms with van der Waals surface area (Å²) in [5.41, 5.74) is 1.31. The fourth-order valence-corrected chi connectivity index (χ4v) is 2.46. The average Bonchev–Trinajstić information content (AvgIpc) is 2.53. The van der Waals surface area contributed by atoms with Crippen molar-refractivity contribution in [2.45, 2.75) is 65.8 Å². The zero-order chi connectivity index (χ0) is 15.5. The van der Waals surface area contributed by atoms with Crippen LogP contribution in [-0.2, 0) is 0 Å². The van der Waals surface area contributed by atoms with Crippen LogP contribution in [0.25, 0.3) is 0 Å². The topological polar surface area (TPSA) is 21.3 Å². The Labute approximate surface area is 131 Å². The van der Waals surface area contributed by atoms with E-state index in [0.29, 0.717) is 12.0 Å². The van der Waals surface area contributed by atoms with Crippen LogP contribution in [0.5, 0.6) is 5.75 Å². The summed E-state index contributed by atoms with van der Waals surface area (Å²) in [7, 11) is 0. The molecule has 0 heterocycles. The van der Waals surface area contributed by atoms with Crippen molar-refractivity contribution in [2.75, 3.05) is 13.2 Å². The minimum Gasteiger partial charge on any atom is -0.493 e. The zero-order valence-corrected chi connectivity index (χ0v) is 14.3. The molecule has 0 aromatic heterocycles. The van der Waals surface area contributed by atoms with Crippen molar-refractivity contribution in [1.82, 2.24) is 5.32 Å². The second-order valence-corrected chi connectivity index (χ2v) is 5.98. The molecule has 0 spiro atoms. The highest BCUT2D eigenvalue weighted by Gasteiger charge is 2.09. The van der Waals surface area contributed by atoms with Gasteiger partial charge in [0, 0.05) is 6.04 Å². The van der Waals surface area contributed by atoms with E-state index in [9.17, 15) is 0 Å². The van der Waals surface area contributed by atoms with Gasteiger partial charge in [0.25, 0.3) is 0 Å². The highest BCUT2D eigenvalue weighted by molar-refractivity contribution is 5.30. The highest BCUT2D eigenvalue weighted by atomic mass is 16.5. The Kier molecular flexibility index (Phi) is 9.16. The van der Waals surface area contributed by atoms with Gasteiger partial charge in [0.05, 0.1) is 6.61 Å². The SMILES string of the molecule is CCCCC(CC)COc1cccc(C(C)NCCC)c1. The maximum absolute atomic E-state index is 6.02. The fourth-order valence-electron chi connectivity index (χ4n) is 2.46. The lowest BCUT2D eigenvalue weighted by Crippen LogP contribution is -2.19. The molecule has 1 N–H and O–H groups in total. The maximum atomic E-state index is 6.02. The molecule has 0 aliphatic carbocycles. The summed E-state index contributed by atoms with van der Waals surface area (Å²) in [6.45, 7) is 10.8. The monoisotopic (exact) mass is 291 g/mol. The van der Waals surface area contributed by atoms with Crippen molar-refractivity contribution in [3.63, 3.8) is 0 Å². The lowest BCUT2D eigenvalue weighted by Gasteiger charge is -2.18. The first-order chi connectivity index (χ1) is 10.2. The number of nitrogens with one attached hydrogen (secondary N) is 1. The summed E-state index contributed by atoms with van der Waals surface area (Å²) < 4.78 is 6.02. The van der Waals surface area contributed by atoms with E-state index in [2.05, 4.69) is 57.3 Å². The van der Waals surface area contributed by atoms with Gasteiger partial charge in [-0.25, -0.2) is 0 Å². The minimum atomic E-state index is 0.385. The summed E-state index contributed by atoms with van der Waals surface area (Å²) in [5, 5.41) is 3.52.